The average Bonchev–Trinajstić information content (AvgIpc) is 3.73. The molecule has 7 aliphatic rings. The van der Waals surface area contributed by atoms with Crippen molar-refractivity contribution >= 4 is 17.5 Å². The fraction of sp³-hybridized carbons (Fsp3) is 0.440. The third-order valence-electron chi connectivity index (χ3n) is 14.3. The first kappa shape index (κ1) is 38.7. The molecule has 7 atom stereocenters. The van der Waals surface area contributed by atoms with Crippen LogP contribution in [0.1, 0.15) is 81.4 Å². The highest BCUT2D eigenvalue weighted by Crippen LogP contribution is 2.72. The van der Waals surface area contributed by atoms with Crippen molar-refractivity contribution in [3.63, 3.8) is 0 Å². The third-order valence-corrected chi connectivity index (χ3v) is 14.3. The number of carbonyl (C=O) groups is 2. The van der Waals surface area contributed by atoms with Gasteiger partial charge in [-0.25, -0.2) is 9.59 Å². The Bertz CT molecular complexity index is 2220. The van der Waals surface area contributed by atoms with Gasteiger partial charge >= 0.3 is 11.9 Å². The summed E-state index contributed by atoms with van der Waals surface area (Å²) in [6.45, 7) is 3.93. The molecule has 4 N–H and O–H groups in total. The number of ether oxygens (including phenoxy) is 2. The highest BCUT2D eigenvalue weighted by atomic mass is 16.5. The van der Waals surface area contributed by atoms with Crippen molar-refractivity contribution in [1.29, 1.82) is 0 Å². The number of phenolic OH excluding ortho intramolecular Hbond substituents is 1. The first-order valence-electron chi connectivity index (χ1n) is 21.7. The van der Waals surface area contributed by atoms with Crippen LogP contribution in [-0.4, -0.2) is 43.9 Å². The van der Waals surface area contributed by atoms with Crippen LogP contribution in [0.15, 0.2) is 113 Å². The monoisotopic (exact) mass is 779 g/mol. The molecule has 4 aliphatic carbocycles. The van der Waals surface area contributed by atoms with E-state index in [4.69, 9.17) is 9.47 Å². The largest absolute Gasteiger partial charge is 0.508 e. The lowest BCUT2D eigenvalue weighted by Gasteiger charge is -2.56. The molecule has 2 saturated heterocycles. The van der Waals surface area contributed by atoms with Gasteiger partial charge in [-0.2, -0.15) is 0 Å². The van der Waals surface area contributed by atoms with Crippen molar-refractivity contribution in [2.45, 2.75) is 83.8 Å². The Morgan fingerprint density at radius 2 is 1.78 bits per heavy atom. The first-order chi connectivity index (χ1) is 28.3. The molecule has 58 heavy (non-hydrogen) atoms. The van der Waals surface area contributed by atoms with Crippen molar-refractivity contribution in [1.82, 2.24) is 16.0 Å². The number of aromatic hydroxyl groups is 1. The van der Waals surface area contributed by atoms with E-state index in [2.05, 4.69) is 83.6 Å². The fourth-order valence-electron chi connectivity index (χ4n) is 11.7. The lowest BCUT2D eigenvalue weighted by molar-refractivity contribution is -0.135. The molecule has 302 valence electrons. The molecule has 10 rings (SSSR count). The van der Waals surface area contributed by atoms with Gasteiger partial charge in [0.25, 0.3) is 0 Å². The number of piperidine rings is 1. The second kappa shape index (κ2) is 16.1. The van der Waals surface area contributed by atoms with Crippen molar-refractivity contribution in [3.8, 4) is 16.9 Å². The van der Waals surface area contributed by atoms with Crippen LogP contribution in [0.4, 0.5) is 0 Å². The number of nitrogens with one attached hydrogen (secondary N) is 3. The van der Waals surface area contributed by atoms with Gasteiger partial charge in [0, 0.05) is 23.6 Å². The lowest BCUT2D eigenvalue weighted by atomic mass is 9.44. The molecule has 8 nitrogen and oxygen atoms in total. The van der Waals surface area contributed by atoms with E-state index in [9.17, 15) is 14.7 Å². The van der Waals surface area contributed by atoms with Gasteiger partial charge < -0.3 is 30.5 Å². The summed E-state index contributed by atoms with van der Waals surface area (Å²) in [7, 11) is 3.95. The number of hydrogen-bond donors (Lipinski definition) is 4. The van der Waals surface area contributed by atoms with E-state index in [0.29, 0.717) is 29.8 Å². The highest BCUT2D eigenvalue weighted by Gasteiger charge is 2.68. The molecular formula is C50H57N3O5. The smallest absolute Gasteiger partial charge is 0.340 e. The molecule has 0 radical (unpaired) electrons. The number of hydrogen-bond acceptors (Lipinski definition) is 8. The molecule has 3 aromatic rings. The Kier molecular flexibility index (Phi) is 10.8. The van der Waals surface area contributed by atoms with E-state index >= 15 is 0 Å². The minimum atomic E-state index is -0.820. The zero-order valence-electron chi connectivity index (χ0n) is 34.1. The van der Waals surface area contributed by atoms with E-state index in [1.54, 1.807) is 6.07 Å². The Morgan fingerprint density at radius 3 is 2.59 bits per heavy atom. The number of cyclic esters (lactones) is 2. The van der Waals surface area contributed by atoms with E-state index in [1.807, 2.05) is 32.3 Å². The second-order valence-corrected chi connectivity index (χ2v) is 17.4. The summed E-state index contributed by atoms with van der Waals surface area (Å²) in [4.78, 5) is 29.2. The molecule has 1 spiro atoms. The molecule has 8 heteroatoms. The summed E-state index contributed by atoms with van der Waals surface area (Å²) in [5, 5.41) is 21.3. The van der Waals surface area contributed by atoms with Gasteiger partial charge in [0.15, 0.2) is 0 Å². The normalized spacial score (nSPS) is 29.4. The zero-order valence-corrected chi connectivity index (χ0v) is 34.1. The zero-order chi connectivity index (χ0) is 40.0. The number of phenols is 1. The van der Waals surface area contributed by atoms with Crippen LogP contribution < -0.4 is 16.0 Å². The summed E-state index contributed by atoms with van der Waals surface area (Å²) < 4.78 is 12.8. The van der Waals surface area contributed by atoms with Crippen LogP contribution >= 0.6 is 0 Å². The van der Waals surface area contributed by atoms with Crippen LogP contribution in [0.5, 0.6) is 5.75 Å². The number of fused-ring (bicyclic) bond motifs is 1. The van der Waals surface area contributed by atoms with Crippen LogP contribution in [-0.2, 0) is 32.0 Å². The van der Waals surface area contributed by atoms with Gasteiger partial charge in [0.1, 0.15) is 17.3 Å². The van der Waals surface area contributed by atoms with Gasteiger partial charge in [-0.1, -0.05) is 61.5 Å². The maximum absolute atomic E-state index is 14.8. The van der Waals surface area contributed by atoms with Gasteiger partial charge in [-0.05, 0) is 172 Å². The minimum absolute atomic E-state index is 0.0102. The van der Waals surface area contributed by atoms with Crippen LogP contribution in [0.2, 0.25) is 0 Å². The molecule has 2 bridgehead atoms. The van der Waals surface area contributed by atoms with Gasteiger partial charge in [-0.15, -0.1) is 0 Å². The van der Waals surface area contributed by atoms with Crippen LogP contribution in [0, 0.1) is 35.0 Å². The Balaban J connectivity index is 1.18. The standard InChI is InChI=1S/C50H57N3O5/c1-4-30(24-31-10-6-5-7-11-31)26-42-50-22-20-37(38-18-19-39-41(57-48(55)45(39)46(38)50)15-9-12-32-21-23-53-43(27-32)52-3)44(47(50)49(56)58-42)40-28-35(54)16-17-36(40)34-14-8-13-33(25-34)29-51-2/h5-8,10-11,13-17,25-26,28,30,32,37-38,43,46,51-54H,4,9,12,18-24,27,29H2,1-3H3. The number of carbonyl (C=O) groups excluding carboxylic acids is 2. The van der Waals surface area contributed by atoms with E-state index in [-0.39, 0.29) is 41.4 Å². The number of benzene rings is 3. The van der Waals surface area contributed by atoms with Crippen molar-refractivity contribution in [2.24, 2.45) is 35.0 Å². The minimum Gasteiger partial charge on any atom is -0.508 e. The molecule has 0 aromatic heterocycles. The van der Waals surface area contributed by atoms with E-state index in [1.165, 1.54) is 5.56 Å². The highest BCUT2D eigenvalue weighted by molar-refractivity contribution is 6.07. The molecule has 3 aromatic carbocycles. The molecule has 1 saturated carbocycles. The maximum atomic E-state index is 14.8. The van der Waals surface area contributed by atoms with Crippen molar-refractivity contribution in [3.05, 3.63) is 130 Å². The summed E-state index contributed by atoms with van der Waals surface area (Å²) >= 11 is 0. The molecule has 3 aliphatic heterocycles. The number of esters is 2. The quantitative estimate of drug-likeness (QED) is 0.135. The summed E-state index contributed by atoms with van der Waals surface area (Å²) in [6.07, 6.45) is 13.8. The van der Waals surface area contributed by atoms with Crippen LogP contribution in [0.3, 0.4) is 0 Å². The summed E-state index contributed by atoms with van der Waals surface area (Å²) in [5.41, 5.74) is 7.92. The molecule has 3 fully saturated rings. The Labute approximate surface area is 342 Å². The predicted octanol–water partition coefficient (Wildman–Crippen LogP) is 8.74. The SMILES string of the molecule is CCC(C=C1OC(=O)C2=C(c3cc(O)ccc3-c3cccc(CNC)c3)C3CCC12C1C2=C(CCC31)C(=CCCC1CCNC(NC)C1)OC2=O)Cc1ccccc1. The third kappa shape index (κ3) is 6.77. The molecule has 3 heterocycles. The Morgan fingerprint density at radius 1 is 0.931 bits per heavy atom. The molecule has 0 amide bonds. The number of rotatable bonds is 12. The maximum Gasteiger partial charge on any atom is 0.340 e. The average molecular weight is 780 g/mol. The predicted molar refractivity (Wildman–Crippen MR) is 227 cm³/mol. The lowest BCUT2D eigenvalue weighted by Crippen LogP contribution is -2.52. The molecule has 7 unspecified atom stereocenters. The summed E-state index contributed by atoms with van der Waals surface area (Å²) in [6, 6.07) is 24.6. The Hall–Kier alpha value is -4.76. The van der Waals surface area contributed by atoms with Crippen LogP contribution in [0.25, 0.3) is 16.7 Å². The van der Waals surface area contributed by atoms with Gasteiger partial charge in [-0.3, -0.25) is 0 Å². The number of allylic oxidation sites excluding steroid dienone is 5. The van der Waals surface area contributed by atoms with Gasteiger partial charge in [0.2, 0.25) is 0 Å². The fourth-order valence-corrected chi connectivity index (χ4v) is 11.7. The van der Waals surface area contributed by atoms with E-state index in [0.717, 1.165) is 116 Å². The van der Waals surface area contributed by atoms with Crippen molar-refractivity contribution < 1.29 is 24.2 Å². The summed E-state index contributed by atoms with van der Waals surface area (Å²) in [5.74, 6) is 1.62. The van der Waals surface area contributed by atoms with Gasteiger partial charge in [0.05, 0.1) is 17.2 Å². The first-order valence-corrected chi connectivity index (χ1v) is 21.7. The van der Waals surface area contributed by atoms with E-state index < -0.39 is 5.41 Å². The molecular weight excluding hydrogens is 723 g/mol. The topological polar surface area (TPSA) is 109 Å². The van der Waals surface area contributed by atoms with Crippen molar-refractivity contribution in [2.75, 3.05) is 20.6 Å². The second-order valence-electron chi connectivity index (χ2n) is 17.4.